The van der Waals surface area contributed by atoms with Crippen molar-refractivity contribution in [2.24, 2.45) is 5.11 Å². The normalized spacial score (nSPS) is 10.2. The van der Waals surface area contributed by atoms with E-state index in [2.05, 4.69) is 10.0 Å². The minimum atomic E-state index is -0.240. The van der Waals surface area contributed by atoms with Crippen molar-refractivity contribution in [2.75, 3.05) is 6.54 Å². The van der Waals surface area contributed by atoms with Crippen molar-refractivity contribution < 1.29 is 4.39 Å². The van der Waals surface area contributed by atoms with E-state index in [4.69, 9.17) is 5.53 Å². The van der Waals surface area contributed by atoms with Crippen LogP contribution in [-0.2, 0) is 6.54 Å². The molecular weight excluding hydrogens is 195 g/mol. The summed E-state index contributed by atoms with van der Waals surface area (Å²) in [4.78, 5) is 2.68. The number of hydrogen-bond acceptors (Lipinski definition) is 1. The van der Waals surface area contributed by atoms with Crippen LogP contribution >= 0.6 is 0 Å². The summed E-state index contributed by atoms with van der Waals surface area (Å²) in [6.07, 6.45) is 1.86. The predicted molar refractivity (Wildman–Crippen MR) is 55.9 cm³/mol. The monoisotopic (exact) mass is 204 g/mol. The van der Waals surface area contributed by atoms with Gasteiger partial charge < -0.3 is 4.57 Å². The largest absolute Gasteiger partial charge is 0.347 e. The molecule has 0 saturated heterocycles. The molecule has 0 aliphatic rings. The van der Waals surface area contributed by atoms with E-state index in [0.717, 1.165) is 10.9 Å². The first-order chi connectivity index (χ1) is 7.31. The maximum Gasteiger partial charge on any atom is 0.123 e. The van der Waals surface area contributed by atoms with Crippen LogP contribution < -0.4 is 0 Å². The SMILES string of the molecule is [N-]=[N+]=NCCn1ccc2cc(F)ccc21. The first-order valence-corrected chi connectivity index (χ1v) is 4.56. The lowest BCUT2D eigenvalue weighted by Gasteiger charge is -2.01. The summed E-state index contributed by atoms with van der Waals surface area (Å²) in [6.45, 7) is 1.01. The number of benzene rings is 1. The van der Waals surface area contributed by atoms with Crippen LogP contribution in [0.2, 0.25) is 0 Å². The molecule has 1 aromatic heterocycles. The van der Waals surface area contributed by atoms with Crippen molar-refractivity contribution in [2.45, 2.75) is 6.54 Å². The van der Waals surface area contributed by atoms with E-state index in [-0.39, 0.29) is 5.82 Å². The molecule has 0 aliphatic heterocycles. The van der Waals surface area contributed by atoms with Gasteiger partial charge in [-0.25, -0.2) is 4.39 Å². The second-order valence-electron chi connectivity index (χ2n) is 3.17. The lowest BCUT2D eigenvalue weighted by Crippen LogP contribution is -1.98. The maximum atomic E-state index is 12.9. The highest BCUT2D eigenvalue weighted by molar-refractivity contribution is 5.80. The van der Waals surface area contributed by atoms with Gasteiger partial charge in [0.05, 0.1) is 0 Å². The van der Waals surface area contributed by atoms with E-state index in [1.54, 1.807) is 6.07 Å². The quantitative estimate of drug-likeness (QED) is 0.419. The number of aromatic nitrogens is 1. The predicted octanol–water partition coefficient (Wildman–Crippen LogP) is 3.09. The van der Waals surface area contributed by atoms with Gasteiger partial charge in [0.15, 0.2) is 0 Å². The van der Waals surface area contributed by atoms with Crippen LogP contribution in [0.5, 0.6) is 0 Å². The Labute approximate surface area is 85.6 Å². The molecular formula is C10H9FN4. The van der Waals surface area contributed by atoms with Crippen molar-refractivity contribution in [1.29, 1.82) is 0 Å². The lowest BCUT2D eigenvalue weighted by atomic mass is 10.2. The minimum Gasteiger partial charge on any atom is -0.347 e. The molecule has 76 valence electrons. The number of rotatable bonds is 3. The van der Waals surface area contributed by atoms with Gasteiger partial charge in [-0.3, -0.25) is 0 Å². The van der Waals surface area contributed by atoms with Crippen molar-refractivity contribution >= 4 is 10.9 Å². The molecule has 0 unspecified atom stereocenters. The van der Waals surface area contributed by atoms with Crippen LogP contribution in [0.3, 0.4) is 0 Å². The first-order valence-electron chi connectivity index (χ1n) is 4.56. The molecule has 2 aromatic rings. The van der Waals surface area contributed by atoms with E-state index in [1.807, 2.05) is 16.8 Å². The molecule has 0 aliphatic carbocycles. The van der Waals surface area contributed by atoms with Gasteiger partial charge in [-0.1, -0.05) is 5.11 Å². The van der Waals surface area contributed by atoms with Crippen molar-refractivity contribution in [3.63, 3.8) is 0 Å². The molecule has 0 saturated carbocycles. The van der Waals surface area contributed by atoms with Crippen LogP contribution in [0.4, 0.5) is 4.39 Å². The fourth-order valence-corrected chi connectivity index (χ4v) is 1.56. The molecule has 0 atom stereocenters. The van der Waals surface area contributed by atoms with Gasteiger partial charge in [0, 0.05) is 35.1 Å². The summed E-state index contributed by atoms with van der Waals surface area (Å²) >= 11 is 0. The summed E-state index contributed by atoms with van der Waals surface area (Å²) in [5, 5.41) is 4.31. The Balaban J connectivity index is 2.32. The molecule has 0 amide bonds. The smallest absolute Gasteiger partial charge is 0.123 e. The summed E-state index contributed by atoms with van der Waals surface area (Å²) in [5.41, 5.74) is 9.09. The van der Waals surface area contributed by atoms with E-state index in [1.165, 1.54) is 12.1 Å². The molecule has 0 N–H and O–H groups in total. The third-order valence-electron chi connectivity index (χ3n) is 2.24. The topological polar surface area (TPSA) is 53.7 Å². The van der Waals surface area contributed by atoms with Crippen molar-refractivity contribution in [1.82, 2.24) is 4.57 Å². The Morgan fingerprint density at radius 3 is 3.07 bits per heavy atom. The Bertz CT molecular complexity index is 525. The van der Waals surface area contributed by atoms with Crippen LogP contribution in [0.25, 0.3) is 21.3 Å². The average Bonchev–Trinajstić information content (AvgIpc) is 2.61. The Morgan fingerprint density at radius 2 is 2.27 bits per heavy atom. The molecule has 1 heterocycles. The molecule has 0 spiro atoms. The molecule has 15 heavy (non-hydrogen) atoms. The molecule has 1 aromatic carbocycles. The third-order valence-corrected chi connectivity index (χ3v) is 2.24. The zero-order chi connectivity index (χ0) is 10.7. The number of fused-ring (bicyclic) bond motifs is 1. The highest BCUT2D eigenvalue weighted by Crippen LogP contribution is 2.16. The summed E-state index contributed by atoms with van der Waals surface area (Å²) in [7, 11) is 0. The van der Waals surface area contributed by atoms with Gasteiger partial charge in [-0.05, 0) is 29.8 Å². The molecule has 0 bridgehead atoms. The van der Waals surface area contributed by atoms with Crippen LogP contribution in [-0.4, -0.2) is 11.1 Å². The standard InChI is InChI=1S/C10H9FN4/c11-9-1-2-10-8(7-9)3-5-15(10)6-4-13-14-12/h1-3,5,7H,4,6H2. The van der Waals surface area contributed by atoms with Crippen LogP contribution in [0.15, 0.2) is 35.6 Å². The fraction of sp³-hybridized carbons (Fsp3) is 0.200. The zero-order valence-corrected chi connectivity index (χ0v) is 7.97. The van der Waals surface area contributed by atoms with Crippen LogP contribution in [0, 0.1) is 5.82 Å². The number of hydrogen-bond donors (Lipinski definition) is 0. The van der Waals surface area contributed by atoms with E-state index < -0.39 is 0 Å². The second kappa shape index (κ2) is 4.02. The van der Waals surface area contributed by atoms with Gasteiger partial charge in [-0.2, -0.15) is 0 Å². The Hall–Kier alpha value is -2.00. The molecule has 0 radical (unpaired) electrons. The van der Waals surface area contributed by atoms with Gasteiger partial charge in [-0.15, -0.1) is 0 Å². The number of halogens is 1. The number of nitrogens with zero attached hydrogens (tertiary/aromatic N) is 4. The molecule has 5 heteroatoms. The number of azide groups is 1. The third kappa shape index (κ3) is 1.92. The fourth-order valence-electron chi connectivity index (χ4n) is 1.56. The van der Waals surface area contributed by atoms with E-state index in [0.29, 0.717) is 13.1 Å². The summed E-state index contributed by atoms with van der Waals surface area (Å²) in [6, 6.07) is 6.47. The first kappa shape index (κ1) is 9.55. The van der Waals surface area contributed by atoms with Crippen molar-refractivity contribution in [3.8, 4) is 0 Å². The minimum absolute atomic E-state index is 0.240. The highest BCUT2D eigenvalue weighted by atomic mass is 19.1. The van der Waals surface area contributed by atoms with Gasteiger partial charge in [0.1, 0.15) is 5.82 Å². The highest BCUT2D eigenvalue weighted by Gasteiger charge is 2.00. The second-order valence-corrected chi connectivity index (χ2v) is 3.17. The Kier molecular flexibility index (Phi) is 2.56. The zero-order valence-electron chi connectivity index (χ0n) is 7.97. The average molecular weight is 204 g/mol. The summed E-state index contributed by atoms with van der Waals surface area (Å²) < 4.78 is 14.8. The lowest BCUT2D eigenvalue weighted by molar-refractivity contribution is 0.629. The van der Waals surface area contributed by atoms with Crippen LogP contribution in [0.1, 0.15) is 0 Å². The molecule has 0 fully saturated rings. The van der Waals surface area contributed by atoms with E-state index in [9.17, 15) is 4.39 Å². The van der Waals surface area contributed by atoms with E-state index >= 15 is 0 Å². The van der Waals surface area contributed by atoms with Gasteiger partial charge in [0.25, 0.3) is 0 Å². The Morgan fingerprint density at radius 1 is 1.40 bits per heavy atom. The summed E-state index contributed by atoms with van der Waals surface area (Å²) in [5.74, 6) is -0.240. The maximum absolute atomic E-state index is 12.9. The molecule has 2 rings (SSSR count). The van der Waals surface area contributed by atoms with Gasteiger partial charge >= 0.3 is 0 Å². The molecule has 4 nitrogen and oxygen atoms in total. The van der Waals surface area contributed by atoms with Crippen molar-refractivity contribution in [3.05, 3.63) is 46.7 Å². The van der Waals surface area contributed by atoms with Gasteiger partial charge in [0.2, 0.25) is 0 Å².